The highest BCUT2D eigenvalue weighted by Gasteiger charge is 2.26. The first kappa shape index (κ1) is 82.1. The normalized spacial score (nSPS) is 14.1. The van der Waals surface area contributed by atoms with Crippen molar-refractivity contribution in [3.63, 3.8) is 0 Å². The Morgan fingerprint density at radius 1 is 0.345 bits per heavy atom. The lowest BCUT2D eigenvalue weighted by Crippen LogP contribution is -2.29. The molecule has 87 heavy (non-hydrogen) atoms. The smallest absolute Gasteiger partial charge is 0.462 e. The van der Waals surface area contributed by atoms with Crippen molar-refractivity contribution in [2.45, 2.75) is 264 Å². The van der Waals surface area contributed by atoms with E-state index in [9.17, 15) is 19.0 Å². The highest BCUT2D eigenvalue weighted by Crippen LogP contribution is 2.43. The Labute approximate surface area is 533 Å². The highest BCUT2D eigenvalue weighted by atomic mass is 31.2. The fraction of sp³-hybridized carbons (Fsp3) is 0.584. The lowest BCUT2D eigenvalue weighted by molar-refractivity contribution is -0.161. The van der Waals surface area contributed by atoms with Crippen LogP contribution in [0.5, 0.6) is 0 Å². The molecule has 0 spiro atoms. The molecular formula is C77H124NO8P. The molecule has 0 fully saturated rings. The Kier molecular flexibility index (Phi) is 66.3. The number of carbonyl (C=O) groups excluding carboxylic acids is 2. The van der Waals surface area contributed by atoms with Crippen LogP contribution >= 0.6 is 7.82 Å². The third kappa shape index (κ3) is 70.1. The lowest BCUT2D eigenvalue weighted by atomic mass is 10.0. The molecule has 2 atom stereocenters. The maximum absolute atomic E-state index is 12.7. The number of esters is 2. The van der Waals surface area contributed by atoms with Crippen molar-refractivity contribution in [3.8, 4) is 0 Å². The molecule has 9 nitrogen and oxygen atoms in total. The highest BCUT2D eigenvalue weighted by molar-refractivity contribution is 7.47. The molecular weight excluding hydrogens is 1100 g/mol. The van der Waals surface area contributed by atoms with Crippen molar-refractivity contribution >= 4 is 19.8 Å². The number of carbonyl (C=O) groups is 2. The average Bonchev–Trinajstić information content (AvgIpc) is 3.62. The number of hydrogen-bond acceptors (Lipinski definition) is 8. The van der Waals surface area contributed by atoms with E-state index in [1.54, 1.807) is 0 Å². The monoisotopic (exact) mass is 1220 g/mol. The lowest BCUT2D eigenvalue weighted by Gasteiger charge is -2.19. The largest absolute Gasteiger partial charge is 0.472 e. The summed E-state index contributed by atoms with van der Waals surface area (Å²) in [7, 11) is -4.42. The number of unbranched alkanes of at least 4 members (excludes halogenated alkanes) is 19. The van der Waals surface area contributed by atoms with Crippen molar-refractivity contribution in [1.82, 2.24) is 0 Å². The van der Waals surface area contributed by atoms with Crippen LogP contribution in [0.25, 0.3) is 0 Å². The number of rotatable bonds is 62. The SMILES string of the molecule is CC/C=C\C/C=C\C/C=C\C/C=C\C/C=C\C/C=C\C/C=C\C/C=C\CCCCC(=O)OC(COC(=O)CCCCCCCCCCCCCCCCCCC/C=C\C/C=C\C/C=C\C/C=C\C/C=C\C/C=C\C/C=C\CC)COP(=O)(O)OCCN. The van der Waals surface area contributed by atoms with Crippen LogP contribution in [0.1, 0.15) is 258 Å². The molecule has 490 valence electrons. The fourth-order valence-corrected chi connectivity index (χ4v) is 9.57. The molecule has 0 aliphatic carbocycles. The molecule has 0 aromatic carbocycles. The van der Waals surface area contributed by atoms with Crippen LogP contribution in [0.15, 0.2) is 182 Å². The van der Waals surface area contributed by atoms with E-state index in [1.807, 2.05) is 0 Å². The Morgan fingerprint density at radius 3 is 0.908 bits per heavy atom. The Balaban J connectivity index is 3.97. The summed E-state index contributed by atoms with van der Waals surface area (Å²) >= 11 is 0. The summed E-state index contributed by atoms with van der Waals surface area (Å²) < 4.78 is 33.1. The topological polar surface area (TPSA) is 134 Å². The number of phosphoric acid groups is 1. The summed E-state index contributed by atoms with van der Waals surface area (Å²) in [5.74, 6) is -0.887. The van der Waals surface area contributed by atoms with Gasteiger partial charge in [-0.15, -0.1) is 0 Å². The van der Waals surface area contributed by atoms with E-state index >= 15 is 0 Å². The molecule has 0 aliphatic rings. The Bertz CT molecular complexity index is 2080. The summed E-state index contributed by atoms with van der Waals surface area (Å²) in [6.07, 6.45) is 106. The van der Waals surface area contributed by atoms with Gasteiger partial charge in [0.05, 0.1) is 13.2 Å². The number of ether oxygens (including phenoxy) is 2. The molecule has 0 bridgehead atoms. The van der Waals surface area contributed by atoms with Crippen molar-refractivity contribution in [2.24, 2.45) is 5.73 Å². The molecule has 0 radical (unpaired) electrons. The first-order chi connectivity index (χ1) is 42.8. The van der Waals surface area contributed by atoms with Gasteiger partial charge in [-0.1, -0.05) is 292 Å². The molecule has 0 aromatic rings. The fourth-order valence-electron chi connectivity index (χ4n) is 8.81. The van der Waals surface area contributed by atoms with Crippen LogP contribution in [-0.4, -0.2) is 49.3 Å². The Morgan fingerprint density at radius 2 is 0.598 bits per heavy atom. The first-order valence-corrected chi connectivity index (χ1v) is 35.8. The maximum Gasteiger partial charge on any atom is 0.472 e. The standard InChI is InChI=1S/C77H124NO8P/c1-3-5-7-9-11-13-15-17-19-21-23-25-27-29-31-32-33-34-35-36-37-38-39-40-41-42-44-45-47-49-51-53-55-57-59-61-63-65-67-69-76(79)83-73-75(74-85-87(81,82)84-72-71-78)86-77(80)70-68-66-64-62-60-58-56-54-52-50-48-46-43-30-28-26-24-22-20-18-16-14-12-10-8-6-4-2/h5-8,11-14,17-20,23-26,29-31,33-34,36-37,43,48,50,54,56,60,62,75H,3-4,9-10,15-16,21-22,27-28,32,35,38-42,44-47,49,51-53,55,57-59,61,63-74,78H2,1-2H3,(H,81,82)/b7-5-,8-6-,13-11-,14-12-,19-17-,20-18-,25-23-,26-24-,31-29-,34-33-,37-36-,43-30-,50-48-,56-54-,62-60-. The van der Waals surface area contributed by atoms with E-state index in [0.717, 1.165) is 128 Å². The van der Waals surface area contributed by atoms with E-state index in [1.165, 1.54) is 96.3 Å². The van der Waals surface area contributed by atoms with Crippen LogP contribution in [0.2, 0.25) is 0 Å². The van der Waals surface area contributed by atoms with E-state index < -0.39 is 32.5 Å². The second kappa shape index (κ2) is 70.2. The molecule has 0 amide bonds. The minimum Gasteiger partial charge on any atom is -0.462 e. The van der Waals surface area contributed by atoms with Crippen LogP contribution < -0.4 is 5.73 Å². The van der Waals surface area contributed by atoms with Gasteiger partial charge in [-0.05, 0) is 135 Å². The van der Waals surface area contributed by atoms with E-state index in [-0.39, 0.29) is 32.6 Å². The van der Waals surface area contributed by atoms with Crippen molar-refractivity contribution in [1.29, 1.82) is 0 Å². The quantitative estimate of drug-likeness (QED) is 0.0264. The summed E-state index contributed by atoms with van der Waals surface area (Å²) in [6.45, 7) is 3.45. The molecule has 2 unspecified atom stereocenters. The molecule has 10 heteroatoms. The van der Waals surface area contributed by atoms with Gasteiger partial charge in [-0.2, -0.15) is 0 Å². The first-order valence-electron chi connectivity index (χ1n) is 34.3. The summed E-state index contributed by atoms with van der Waals surface area (Å²) in [5.41, 5.74) is 5.39. The minimum absolute atomic E-state index is 0.0375. The second-order valence-corrected chi connectivity index (χ2v) is 23.4. The zero-order valence-corrected chi connectivity index (χ0v) is 55.8. The van der Waals surface area contributed by atoms with Gasteiger partial charge in [0.1, 0.15) is 6.61 Å². The number of allylic oxidation sites excluding steroid dienone is 30. The van der Waals surface area contributed by atoms with Crippen LogP contribution in [0.3, 0.4) is 0 Å². The summed E-state index contributed by atoms with van der Waals surface area (Å²) in [5, 5.41) is 0. The van der Waals surface area contributed by atoms with Crippen LogP contribution in [-0.2, 0) is 32.7 Å². The molecule has 0 saturated carbocycles. The molecule has 3 N–H and O–H groups in total. The van der Waals surface area contributed by atoms with Crippen molar-refractivity contribution in [3.05, 3.63) is 182 Å². The van der Waals surface area contributed by atoms with Gasteiger partial charge >= 0.3 is 19.8 Å². The van der Waals surface area contributed by atoms with E-state index in [0.29, 0.717) is 6.42 Å². The zero-order chi connectivity index (χ0) is 63.0. The zero-order valence-electron chi connectivity index (χ0n) is 54.9. The second-order valence-electron chi connectivity index (χ2n) is 21.9. The third-order valence-corrected chi connectivity index (χ3v) is 14.8. The van der Waals surface area contributed by atoms with Gasteiger partial charge < -0.3 is 20.1 Å². The maximum atomic E-state index is 12.7. The number of phosphoric ester groups is 1. The predicted octanol–water partition coefficient (Wildman–Crippen LogP) is 22.7. The predicted molar refractivity (Wildman–Crippen MR) is 376 cm³/mol. The average molecular weight is 1220 g/mol. The van der Waals surface area contributed by atoms with E-state index in [2.05, 4.69) is 196 Å². The van der Waals surface area contributed by atoms with Gasteiger partial charge in [-0.25, -0.2) is 4.57 Å². The number of nitrogens with two attached hydrogens (primary N) is 1. The molecule has 0 aromatic heterocycles. The van der Waals surface area contributed by atoms with Crippen molar-refractivity contribution < 1.29 is 37.6 Å². The number of hydrogen-bond donors (Lipinski definition) is 2. The van der Waals surface area contributed by atoms with Gasteiger partial charge in [0, 0.05) is 19.4 Å². The van der Waals surface area contributed by atoms with Gasteiger partial charge in [-0.3, -0.25) is 18.6 Å². The Hall–Kier alpha value is -4.89. The third-order valence-electron chi connectivity index (χ3n) is 13.8. The summed E-state index contributed by atoms with van der Waals surface area (Å²) in [6, 6.07) is 0. The summed E-state index contributed by atoms with van der Waals surface area (Å²) in [4.78, 5) is 35.3. The van der Waals surface area contributed by atoms with Crippen LogP contribution in [0.4, 0.5) is 0 Å². The van der Waals surface area contributed by atoms with E-state index in [4.69, 9.17) is 24.3 Å². The van der Waals surface area contributed by atoms with Crippen LogP contribution in [0, 0.1) is 0 Å². The molecule has 0 saturated heterocycles. The minimum atomic E-state index is -4.42. The molecule has 0 rings (SSSR count). The van der Waals surface area contributed by atoms with Gasteiger partial charge in [0.15, 0.2) is 6.10 Å². The van der Waals surface area contributed by atoms with Gasteiger partial charge in [0.2, 0.25) is 0 Å². The molecule has 0 heterocycles. The van der Waals surface area contributed by atoms with Gasteiger partial charge in [0.25, 0.3) is 0 Å². The molecule has 0 aliphatic heterocycles. The van der Waals surface area contributed by atoms with Crippen molar-refractivity contribution in [2.75, 3.05) is 26.4 Å².